The smallest absolute Gasteiger partial charge is 0.225 e. The van der Waals surface area contributed by atoms with Crippen molar-refractivity contribution < 1.29 is 9.59 Å². The van der Waals surface area contributed by atoms with Crippen LogP contribution < -0.4 is 11.1 Å². The number of halogens is 1. The maximum atomic E-state index is 12.7. The van der Waals surface area contributed by atoms with Gasteiger partial charge in [0, 0.05) is 32.1 Å². The molecule has 0 aromatic heterocycles. The summed E-state index contributed by atoms with van der Waals surface area (Å²) < 4.78 is 0. The fourth-order valence-electron chi connectivity index (χ4n) is 4.22. The number of carbonyl (C=O) groups is 2. The standard InChI is InChI=1S/C21H31N3O2.ClH/c1-15-7-9-16(10-8-15)13-24-14-18(11-20(24)25)21(26)23-19(12-22)17-5-3-2-4-6-17;/h7-10,17-19H,2-6,11-14,22H2,1H3,(H,23,26);1H. The second kappa shape index (κ2) is 10.1. The summed E-state index contributed by atoms with van der Waals surface area (Å²) in [5.41, 5.74) is 8.23. The van der Waals surface area contributed by atoms with Gasteiger partial charge in [0.2, 0.25) is 11.8 Å². The molecule has 1 aromatic carbocycles. The Morgan fingerprint density at radius 3 is 2.52 bits per heavy atom. The molecule has 2 atom stereocenters. The summed E-state index contributed by atoms with van der Waals surface area (Å²) >= 11 is 0. The Morgan fingerprint density at radius 1 is 1.22 bits per heavy atom. The molecule has 3 N–H and O–H groups in total. The number of nitrogens with two attached hydrogens (primary N) is 1. The zero-order valence-electron chi connectivity index (χ0n) is 16.2. The first kappa shape index (κ1) is 21.7. The van der Waals surface area contributed by atoms with Crippen LogP contribution in [0.15, 0.2) is 24.3 Å². The Hall–Kier alpha value is -1.59. The maximum Gasteiger partial charge on any atom is 0.225 e. The van der Waals surface area contributed by atoms with Gasteiger partial charge >= 0.3 is 0 Å². The molecule has 1 aromatic rings. The average Bonchev–Trinajstić information content (AvgIpc) is 3.03. The Bertz CT molecular complexity index is 629. The minimum Gasteiger partial charge on any atom is -0.352 e. The zero-order valence-corrected chi connectivity index (χ0v) is 17.0. The van der Waals surface area contributed by atoms with E-state index in [1.807, 2.05) is 19.1 Å². The SMILES string of the molecule is Cc1ccc(CN2CC(C(=O)NC(CN)C3CCCCC3)CC2=O)cc1.Cl. The van der Waals surface area contributed by atoms with Crippen molar-refractivity contribution in [1.29, 1.82) is 0 Å². The van der Waals surface area contributed by atoms with E-state index in [-0.39, 0.29) is 36.2 Å². The number of rotatable bonds is 6. The van der Waals surface area contributed by atoms with Gasteiger partial charge in [-0.25, -0.2) is 0 Å². The molecule has 2 aliphatic rings. The second-order valence-electron chi connectivity index (χ2n) is 7.91. The fourth-order valence-corrected chi connectivity index (χ4v) is 4.22. The number of aryl methyl sites for hydroxylation is 1. The summed E-state index contributed by atoms with van der Waals surface area (Å²) in [6.45, 7) is 3.60. The highest BCUT2D eigenvalue weighted by atomic mass is 35.5. The van der Waals surface area contributed by atoms with Crippen LogP contribution in [0.2, 0.25) is 0 Å². The molecule has 6 heteroatoms. The highest BCUT2D eigenvalue weighted by molar-refractivity contribution is 5.89. The molecule has 1 saturated carbocycles. The lowest BCUT2D eigenvalue weighted by atomic mass is 9.83. The monoisotopic (exact) mass is 393 g/mol. The lowest BCUT2D eigenvalue weighted by molar-refractivity contribution is -0.129. The van der Waals surface area contributed by atoms with E-state index < -0.39 is 0 Å². The summed E-state index contributed by atoms with van der Waals surface area (Å²) in [6.07, 6.45) is 6.33. The van der Waals surface area contributed by atoms with E-state index in [1.54, 1.807) is 4.90 Å². The van der Waals surface area contributed by atoms with Gasteiger partial charge in [0.25, 0.3) is 0 Å². The Morgan fingerprint density at radius 2 is 1.89 bits per heavy atom. The predicted octanol–water partition coefficient (Wildman–Crippen LogP) is 2.79. The van der Waals surface area contributed by atoms with Gasteiger partial charge in [-0.3, -0.25) is 9.59 Å². The van der Waals surface area contributed by atoms with Crippen molar-refractivity contribution in [3.8, 4) is 0 Å². The molecule has 0 bridgehead atoms. The number of benzene rings is 1. The van der Waals surface area contributed by atoms with Crippen molar-refractivity contribution >= 4 is 24.2 Å². The summed E-state index contributed by atoms with van der Waals surface area (Å²) in [7, 11) is 0. The molecule has 150 valence electrons. The summed E-state index contributed by atoms with van der Waals surface area (Å²) in [4.78, 5) is 26.8. The minimum atomic E-state index is -0.259. The van der Waals surface area contributed by atoms with Crippen LogP contribution in [0.5, 0.6) is 0 Å². The second-order valence-corrected chi connectivity index (χ2v) is 7.91. The first-order chi connectivity index (χ1) is 12.6. The number of hydrogen-bond acceptors (Lipinski definition) is 3. The van der Waals surface area contributed by atoms with E-state index in [4.69, 9.17) is 5.73 Å². The van der Waals surface area contributed by atoms with Gasteiger partial charge in [0.05, 0.1) is 5.92 Å². The van der Waals surface area contributed by atoms with Crippen LogP contribution in [0.4, 0.5) is 0 Å². The van der Waals surface area contributed by atoms with E-state index in [2.05, 4.69) is 17.4 Å². The fraction of sp³-hybridized carbons (Fsp3) is 0.619. The van der Waals surface area contributed by atoms with Gasteiger partial charge in [0.15, 0.2) is 0 Å². The molecule has 2 fully saturated rings. The van der Waals surface area contributed by atoms with Crippen molar-refractivity contribution in [2.24, 2.45) is 17.6 Å². The molecule has 5 nitrogen and oxygen atoms in total. The third-order valence-electron chi connectivity index (χ3n) is 5.88. The molecule has 3 rings (SSSR count). The average molecular weight is 394 g/mol. The summed E-state index contributed by atoms with van der Waals surface area (Å²) in [5.74, 6) is 0.280. The molecule has 1 aliphatic carbocycles. The van der Waals surface area contributed by atoms with Crippen molar-refractivity contribution in [2.75, 3.05) is 13.1 Å². The molecule has 0 radical (unpaired) electrons. The molecule has 27 heavy (non-hydrogen) atoms. The molecule has 0 spiro atoms. The molecule has 1 heterocycles. The Labute approximate surface area is 168 Å². The van der Waals surface area contributed by atoms with Crippen LogP contribution in [0.1, 0.15) is 49.7 Å². The van der Waals surface area contributed by atoms with Crippen LogP contribution in [0.3, 0.4) is 0 Å². The van der Waals surface area contributed by atoms with Gasteiger partial charge < -0.3 is 16.0 Å². The van der Waals surface area contributed by atoms with Crippen LogP contribution >= 0.6 is 12.4 Å². The number of amides is 2. The number of likely N-dealkylation sites (tertiary alicyclic amines) is 1. The Kier molecular flexibility index (Phi) is 8.11. The summed E-state index contributed by atoms with van der Waals surface area (Å²) in [5, 5.41) is 3.15. The molecular weight excluding hydrogens is 362 g/mol. The first-order valence-corrected chi connectivity index (χ1v) is 9.90. The molecule has 2 amide bonds. The maximum absolute atomic E-state index is 12.7. The summed E-state index contributed by atoms with van der Waals surface area (Å²) in [6, 6.07) is 8.24. The highest BCUT2D eigenvalue weighted by Crippen LogP contribution is 2.27. The van der Waals surface area contributed by atoms with Gasteiger partial charge in [-0.05, 0) is 31.2 Å². The lowest BCUT2D eigenvalue weighted by Gasteiger charge is -2.30. The van der Waals surface area contributed by atoms with Gasteiger partial charge in [0.1, 0.15) is 0 Å². The zero-order chi connectivity index (χ0) is 18.5. The predicted molar refractivity (Wildman–Crippen MR) is 110 cm³/mol. The van der Waals surface area contributed by atoms with Crippen LogP contribution in [-0.4, -0.2) is 35.8 Å². The van der Waals surface area contributed by atoms with Crippen molar-refractivity contribution in [3.63, 3.8) is 0 Å². The lowest BCUT2D eigenvalue weighted by Crippen LogP contribution is -2.48. The van der Waals surface area contributed by atoms with Gasteiger partial charge in [-0.15, -0.1) is 12.4 Å². The van der Waals surface area contributed by atoms with Crippen molar-refractivity contribution in [3.05, 3.63) is 35.4 Å². The largest absolute Gasteiger partial charge is 0.352 e. The van der Waals surface area contributed by atoms with E-state index in [0.717, 1.165) is 18.4 Å². The van der Waals surface area contributed by atoms with E-state index in [1.165, 1.54) is 24.8 Å². The topological polar surface area (TPSA) is 75.4 Å². The van der Waals surface area contributed by atoms with Crippen LogP contribution in [-0.2, 0) is 16.1 Å². The van der Waals surface area contributed by atoms with Crippen molar-refractivity contribution in [1.82, 2.24) is 10.2 Å². The molecule has 1 saturated heterocycles. The van der Waals surface area contributed by atoms with Gasteiger partial charge in [-0.2, -0.15) is 0 Å². The first-order valence-electron chi connectivity index (χ1n) is 9.90. The quantitative estimate of drug-likeness (QED) is 0.780. The number of nitrogens with one attached hydrogen (secondary N) is 1. The number of nitrogens with zero attached hydrogens (tertiary/aromatic N) is 1. The molecule has 2 unspecified atom stereocenters. The van der Waals surface area contributed by atoms with Crippen molar-refractivity contribution in [2.45, 2.75) is 58.0 Å². The number of hydrogen-bond donors (Lipinski definition) is 2. The Balaban J connectivity index is 0.00000261. The van der Waals surface area contributed by atoms with Gasteiger partial charge in [-0.1, -0.05) is 49.1 Å². The third kappa shape index (κ3) is 5.69. The number of carbonyl (C=O) groups excluding carboxylic acids is 2. The highest BCUT2D eigenvalue weighted by Gasteiger charge is 2.35. The van der Waals surface area contributed by atoms with Crippen LogP contribution in [0, 0.1) is 18.8 Å². The third-order valence-corrected chi connectivity index (χ3v) is 5.88. The minimum absolute atomic E-state index is 0. The molecular formula is C21H32ClN3O2. The van der Waals surface area contributed by atoms with Crippen LogP contribution in [0.25, 0.3) is 0 Å². The normalized spacial score (nSPS) is 21.6. The molecule has 1 aliphatic heterocycles. The van der Waals surface area contributed by atoms with E-state index >= 15 is 0 Å². The van der Waals surface area contributed by atoms with E-state index in [0.29, 0.717) is 32.0 Å². The van der Waals surface area contributed by atoms with E-state index in [9.17, 15) is 9.59 Å².